The third-order valence-corrected chi connectivity index (χ3v) is 14.3. The minimum Gasteiger partial charge on any atom is -0.497 e. The number of methoxy groups -OCH3 is 1. The van der Waals surface area contributed by atoms with Gasteiger partial charge in [0.15, 0.2) is 0 Å². The van der Waals surface area contributed by atoms with Crippen LogP contribution in [0, 0.1) is 0 Å². The summed E-state index contributed by atoms with van der Waals surface area (Å²) in [5.41, 5.74) is 29.4. The van der Waals surface area contributed by atoms with Gasteiger partial charge in [-0.05, 0) is 68.3 Å². The highest BCUT2D eigenvalue weighted by molar-refractivity contribution is 8.76. The lowest BCUT2D eigenvalue weighted by molar-refractivity contribution is -0.142. The first kappa shape index (κ1) is 59.6. The molecule has 74 heavy (non-hydrogen) atoms. The van der Waals surface area contributed by atoms with Crippen molar-refractivity contribution in [1.82, 2.24) is 42.1 Å². The third kappa shape index (κ3) is 19.5. The minimum atomic E-state index is -1.77. The van der Waals surface area contributed by atoms with Crippen molar-refractivity contribution >= 4 is 86.6 Å². The summed E-state index contributed by atoms with van der Waals surface area (Å²) in [7, 11) is 3.54. The molecule has 2 saturated heterocycles. The van der Waals surface area contributed by atoms with E-state index in [0.717, 1.165) is 21.6 Å². The molecule has 17 N–H and O–H groups in total. The third-order valence-electron chi connectivity index (χ3n) is 11.9. The van der Waals surface area contributed by atoms with Crippen molar-refractivity contribution in [2.75, 3.05) is 38.2 Å². The number of amides is 11. The zero-order valence-corrected chi connectivity index (χ0v) is 42.6. The van der Waals surface area contributed by atoms with E-state index in [-0.39, 0.29) is 43.7 Å². The topological polar surface area (TPSA) is 415 Å². The summed E-state index contributed by atoms with van der Waals surface area (Å²) in [5, 5.41) is 18.0. The molecule has 8 atom stereocenters. The number of hydrogen-bond acceptors (Lipinski definition) is 16. The molecule has 2 aliphatic heterocycles. The maximum atomic E-state index is 14.6. The van der Waals surface area contributed by atoms with Gasteiger partial charge in [0.2, 0.25) is 65.0 Å². The Morgan fingerprint density at radius 2 is 1.30 bits per heavy atom. The smallest absolute Gasteiger partial charge is 0.246 e. The highest BCUT2D eigenvalue weighted by Gasteiger charge is 2.40. The van der Waals surface area contributed by atoms with Crippen molar-refractivity contribution < 1.29 is 57.5 Å². The first-order chi connectivity index (χ1) is 35.3. The lowest BCUT2D eigenvalue weighted by Crippen LogP contribution is -2.61. The van der Waals surface area contributed by atoms with Gasteiger partial charge >= 0.3 is 0 Å². The number of benzene rings is 2. The van der Waals surface area contributed by atoms with Gasteiger partial charge in [0.25, 0.3) is 0 Å². The average Bonchev–Trinajstić information content (AvgIpc) is 3.87. The first-order valence-corrected chi connectivity index (χ1v) is 26.4. The van der Waals surface area contributed by atoms with Crippen LogP contribution in [0.1, 0.15) is 62.5 Å². The van der Waals surface area contributed by atoms with Gasteiger partial charge in [0.1, 0.15) is 48.0 Å². The number of unbranched alkanes of at least 4 members (excludes halogenated alkanes) is 1. The second kappa shape index (κ2) is 30.3. The zero-order valence-electron chi connectivity index (χ0n) is 41.0. The number of carbonyl (C=O) groups is 11. The maximum absolute atomic E-state index is 14.6. The number of primary amides is 3. The Balaban J connectivity index is 1.72. The molecule has 0 bridgehead atoms. The van der Waals surface area contributed by atoms with Gasteiger partial charge in [-0.25, -0.2) is 0 Å². The minimum absolute atomic E-state index is 0.0388. The summed E-state index contributed by atoms with van der Waals surface area (Å²) in [4.78, 5) is 149. The van der Waals surface area contributed by atoms with Crippen molar-refractivity contribution in [3.8, 4) is 5.75 Å². The highest BCUT2D eigenvalue weighted by atomic mass is 33.1. The van der Waals surface area contributed by atoms with E-state index in [1.165, 1.54) is 12.0 Å². The molecule has 2 aliphatic rings. The van der Waals surface area contributed by atoms with Gasteiger partial charge in [-0.1, -0.05) is 64.1 Å². The summed E-state index contributed by atoms with van der Waals surface area (Å²) in [5.74, 6) is -9.26. The Hall–Kier alpha value is -6.97. The molecule has 2 fully saturated rings. The quantitative estimate of drug-likeness (QED) is 0.0444. The van der Waals surface area contributed by atoms with Gasteiger partial charge in [-0.15, -0.1) is 0 Å². The fourth-order valence-corrected chi connectivity index (χ4v) is 10.2. The predicted molar refractivity (Wildman–Crippen MR) is 273 cm³/mol. The predicted octanol–water partition coefficient (Wildman–Crippen LogP) is -4.03. The number of likely N-dealkylation sites (tertiary alicyclic amines) is 1. The van der Waals surface area contributed by atoms with Crippen LogP contribution in [0.3, 0.4) is 0 Å². The summed E-state index contributed by atoms with van der Waals surface area (Å²) >= 11 is 0. The van der Waals surface area contributed by atoms with Crippen LogP contribution in [-0.4, -0.2) is 156 Å². The monoisotopic (exact) mass is 1070 g/mol. The molecule has 0 spiro atoms. The van der Waals surface area contributed by atoms with Crippen molar-refractivity contribution in [2.24, 2.45) is 28.7 Å². The van der Waals surface area contributed by atoms with E-state index in [1.54, 1.807) is 54.6 Å². The molecule has 0 aromatic heterocycles. The summed E-state index contributed by atoms with van der Waals surface area (Å²) in [6, 6.07) is 4.14. The van der Waals surface area contributed by atoms with Crippen molar-refractivity contribution in [3.05, 3.63) is 65.7 Å². The van der Waals surface area contributed by atoms with E-state index in [1.807, 2.05) is 0 Å². The molecule has 0 radical (unpaired) electrons. The molecular weight excluding hydrogens is 1000 g/mol. The van der Waals surface area contributed by atoms with Crippen LogP contribution in [-0.2, 0) is 65.6 Å². The van der Waals surface area contributed by atoms with Crippen LogP contribution < -0.4 is 70.6 Å². The van der Waals surface area contributed by atoms with Gasteiger partial charge in [0.05, 0.1) is 26.1 Å². The van der Waals surface area contributed by atoms with E-state index in [9.17, 15) is 52.7 Å². The van der Waals surface area contributed by atoms with Crippen LogP contribution in [0.5, 0.6) is 5.75 Å². The Bertz CT molecular complexity index is 2320. The summed E-state index contributed by atoms with van der Waals surface area (Å²) < 4.78 is 5.27. The van der Waals surface area contributed by atoms with Crippen molar-refractivity contribution in [2.45, 2.75) is 113 Å². The van der Waals surface area contributed by atoms with Gasteiger partial charge < -0.3 is 75.5 Å². The highest BCUT2D eigenvalue weighted by Crippen LogP contribution is 2.26. The van der Waals surface area contributed by atoms with Crippen LogP contribution in [0.25, 0.3) is 0 Å². The number of ether oxygens (including phenoxy) is 1. The van der Waals surface area contributed by atoms with E-state index in [0.29, 0.717) is 42.7 Å². The molecule has 2 aromatic carbocycles. The molecule has 404 valence electrons. The fraction of sp³-hybridized carbons (Fsp3) is 0.511. The Morgan fingerprint density at radius 3 is 1.91 bits per heavy atom. The van der Waals surface area contributed by atoms with Gasteiger partial charge in [0, 0.05) is 37.3 Å². The van der Waals surface area contributed by atoms with E-state index < -0.39 is 139 Å². The maximum Gasteiger partial charge on any atom is 0.246 e. The molecule has 0 unspecified atom stereocenters. The van der Waals surface area contributed by atoms with E-state index >= 15 is 0 Å². The zero-order chi connectivity index (χ0) is 54.3. The van der Waals surface area contributed by atoms with Gasteiger partial charge in [-0.2, -0.15) is 0 Å². The molecule has 2 heterocycles. The molecule has 0 aliphatic carbocycles. The molecular formula is C47H67N13O12S2. The van der Waals surface area contributed by atoms with Gasteiger partial charge in [-0.3, -0.25) is 52.7 Å². The molecule has 27 heteroatoms. The number of carbonyl (C=O) groups excluding carboxylic acids is 11. The summed E-state index contributed by atoms with van der Waals surface area (Å²) in [6.07, 6.45) is -0.260. The fourth-order valence-electron chi connectivity index (χ4n) is 7.92. The standard InChI is InChI=1S/C47H67N13O12S2/c1-72-28-14-12-27(13-15-28)21-32-44(68)57-33(20-26-8-3-2-4-9-26)43(67)54-31(16-17-37(50)61)42(66)58-34(22-38(51)62)45(69)59-35(25-74-73-24-29(49)40(64)56-32)47(71)60-19-7-11-36(60)46(70)55-30(10-5-6-18-48)41(65)53-23-39(52)63/h2-4,8-9,12-15,29-36H,5-7,10-11,16-25,48-49H2,1H3,(H2,50,61)(H2,51,62)(H2,52,63)(H,53,65)(H,54,67)(H,55,70)(H,56,64)(H,57,68)(H,58,66)(H,59,69)/t29-,30-,31-,32-,33+,34-,35-,36-/m0/s1. The lowest BCUT2D eigenvalue weighted by Gasteiger charge is -2.31. The number of nitrogens with zero attached hydrogens (tertiary/aromatic N) is 1. The Labute approximate surface area is 435 Å². The SMILES string of the molecule is COc1ccc(C[C@@H]2NC(=O)[C@@H](N)CSSC[C@@H](C(=O)N3CCC[C@H]3C(=O)N[C@@H](CCCCN)C(=O)NCC(N)=O)NC(=O)[C@H](CC(N)=O)NC(=O)[C@H](CCC(N)=O)NC(=O)[C@@H](Cc3ccccc3)NC2=O)cc1. The Kier molecular flexibility index (Phi) is 24.4. The van der Waals surface area contributed by atoms with Crippen molar-refractivity contribution in [1.29, 1.82) is 0 Å². The number of rotatable bonds is 20. The molecule has 4 rings (SSSR count). The van der Waals surface area contributed by atoms with E-state index in [4.69, 9.17) is 33.4 Å². The average molecular weight is 1070 g/mol. The van der Waals surface area contributed by atoms with Crippen LogP contribution >= 0.6 is 21.6 Å². The first-order valence-electron chi connectivity index (χ1n) is 23.9. The summed E-state index contributed by atoms with van der Waals surface area (Å²) in [6.45, 7) is -0.134. The number of nitrogens with one attached hydrogen (secondary N) is 7. The molecule has 0 saturated carbocycles. The Morgan fingerprint density at radius 1 is 0.716 bits per heavy atom. The van der Waals surface area contributed by atoms with Crippen molar-refractivity contribution in [3.63, 3.8) is 0 Å². The molecule has 2 aromatic rings. The van der Waals surface area contributed by atoms with Crippen LogP contribution in [0.2, 0.25) is 0 Å². The largest absolute Gasteiger partial charge is 0.497 e. The second-order valence-electron chi connectivity index (χ2n) is 17.6. The van der Waals surface area contributed by atoms with Crippen LogP contribution in [0.4, 0.5) is 0 Å². The number of nitrogens with two attached hydrogens (primary N) is 5. The second-order valence-corrected chi connectivity index (χ2v) is 20.2. The normalized spacial score (nSPS) is 22.8. The number of hydrogen-bond donors (Lipinski definition) is 12. The van der Waals surface area contributed by atoms with E-state index in [2.05, 4.69) is 37.2 Å². The molecule has 11 amide bonds. The lowest BCUT2D eigenvalue weighted by atomic mass is 10.0. The van der Waals surface area contributed by atoms with Crippen LogP contribution in [0.15, 0.2) is 54.6 Å². The molecule has 25 nitrogen and oxygen atoms in total.